The largest absolute Gasteiger partial charge is 0.481 e. The second-order valence-electron chi connectivity index (χ2n) is 4.23. The van der Waals surface area contributed by atoms with Crippen molar-refractivity contribution in [2.24, 2.45) is 0 Å². The lowest BCUT2D eigenvalue weighted by Crippen LogP contribution is -1.97. The van der Waals surface area contributed by atoms with Gasteiger partial charge >= 0.3 is 5.97 Å². The van der Waals surface area contributed by atoms with Crippen LogP contribution in [-0.2, 0) is 17.6 Å². The minimum absolute atomic E-state index is 0.0774. The number of aliphatic carboxylic acids is 1. The standard InChI is InChI=1S/C13H12Cl2N2O3/c14-9-3-1-4-10(15)8(9)7-11-16-12(20-17-11)5-2-6-13(18)19/h1,3-4H,2,5-7H2,(H,18,19). The molecule has 0 unspecified atom stereocenters. The summed E-state index contributed by atoms with van der Waals surface area (Å²) in [5, 5.41) is 13.5. The smallest absolute Gasteiger partial charge is 0.303 e. The predicted octanol–water partition coefficient (Wildman–Crippen LogP) is 3.37. The number of carbonyl (C=O) groups is 1. The number of aryl methyl sites for hydroxylation is 1. The van der Waals surface area contributed by atoms with Gasteiger partial charge in [0.25, 0.3) is 0 Å². The van der Waals surface area contributed by atoms with Gasteiger partial charge < -0.3 is 9.63 Å². The van der Waals surface area contributed by atoms with Crippen molar-refractivity contribution in [3.05, 3.63) is 45.5 Å². The Balaban J connectivity index is 2.01. The van der Waals surface area contributed by atoms with Gasteiger partial charge in [0.05, 0.1) is 0 Å². The van der Waals surface area contributed by atoms with E-state index >= 15 is 0 Å². The normalized spacial score (nSPS) is 10.7. The zero-order chi connectivity index (χ0) is 14.5. The second-order valence-corrected chi connectivity index (χ2v) is 5.04. The van der Waals surface area contributed by atoms with Gasteiger partial charge in [-0.2, -0.15) is 4.98 Å². The molecule has 5 nitrogen and oxygen atoms in total. The van der Waals surface area contributed by atoms with E-state index in [1.807, 2.05) is 0 Å². The highest BCUT2D eigenvalue weighted by Gasteiger charge is 2.12. The van der Waals surface area contributed by atoms with Gasteiger partial charge in [-0.1, -0.05) is 34.4 Å². The minimum atomic E-state index is -0.840. The van der Waals surface area contributed by atoms with E-state index in [-0.39, 0.29) is 6.42 Å². The Morgan fingerprint density at radius 2 is 2.00 bits per heavy atom. The summed E-state index contributed by atoms with van der Waals surface area (Å²) in [7, 11) is 0. The topological polar surface area (TPSA) is 76.2 Å². The number of hydrogen-bond acceptors (Lipinski definition) is 4. The summed E-state index contributed by atoms with van der Waals surface area (Å²) >= 11 is 12.1. The maximum Gasteiger partial charge on any atom is 0.303 e. The Hall–Kier alpha value is -1.59. The van der Waals surface area contributed by atoms with Crippen LogP contribution < -0.4 is 0 Å². The Morgan fingerprint density at radius 3 is 2.65 bits per heavy atom. The van der Waals surface area contributed by atoms with E-state index in [1.54, 1.807) is 18.2 Å². The number of carboxylic acids is 1. The molecule has 106 valence electrons. The minimum Gasteiger partial charge on any atom is -0.481 e. The summed E-state index contributed by atoms with van der Waals surface area (Å²) in [5.74, 6) is 0.0577. The lowest BCUT2D eigenvalue weighted by Gasteiger charge is -2.02. The molecule has 1 aromatic heterocycles. The number of rotatable bonds is 6. The number of hydrogen-bond donors (Lipinski definition) is 1. The molecular weight excluding hydrogens is 303 g/mol. The summed E-state index contributed by atoms with van der Waals surface area (Å²) in [6.07, 6.45) is 1.36. The molecule has 0 spiro atoms. The molecule has 2 rings (SSSR count). The number of aromatic nitrogens is 2. The van der Waals surface area contributed by atoms with Crippen LogP contribution in [0.2, 0.25) is 10.0 Å². The van der Waals surface area contributed by atoms with Gasteiger partial charge in [0.1, 0.15) is 0 Å². The van der Waals surface area contributed by atoms with Gasteiger partial charge in [0, 0.05) is 29.3 Å². The van der Waals surface area contributed by atoms with Crippen molar-refractivity contribution >= 4 is 29.2 Å². The SMILES string of the molecule is O=C(O)CCCc1nc(Cc2c(Cl)cccc2Cl)no1. The zero-order valence-corrected chi connectivity index (χ0v) is 12.0. The van der Waals surface area contributed by atoms with Gasteiger partial charge in [-0.3, -0.25) is 4.79 Å². The molecule has 0 aliphatic carbocycles. The molecule has 20 heavy (non-hydrogen) atoms. The van der Waals surface area contributed by atoms with Gasteiger partial charge in [-0.25, -0.2) is 0 Å². The summed E-state index contributed by atoms with van der Waals surface area (Å²) in [6.45, 7) is 0. The first-order chi connectivity index (χ1) is 9.56. The Bertz CT molecular complexity index is 593. The van der Waals surface area contributed by atoms with E-state index in [1.165, 1.54) is 0 Å². The fourth-order valence-electron chi connectivity index (χ4n) is 1.71. The summed E-state index contributed by atoms with van der Waals surface area (Å²) in [5.41, 5.74) is 0.744. The molecular formula is C13H12Cl2N2O3. The van der Waals surface area contributed by atoms with E-state index < -0.39 is 5.97 Å². The van der Waals surface area contributed by atoms with Gasteiger partial charge in [0.15, 0.2) is 5.82 Å². The fourth-order valence-corrected chi connectivity index (χ4v) is 2.24. The molecule has 0 fully saturated rings. The van der Waals surface area contributed by atoms with Crippen molar-refractivity contribution in [2.75, 3.05) is 0 Å². The van der Waals surface area contributed by atoms with Gasteiger partial charge in [-0.05, 0) is 24.1 Å². The third-order valence-electron chi connectivity index (χ3n) is 2.69. The first kappa shape index (κ1) is 14.8. The second kappa shape index (κ2) is 6.72. The van der Waals surface area contributed by atoms with Crippen molar-refractivity contribution in [3.8, 4) is 0 Å². The molecule has 2 aromatic rings. The summed E-state index contributed by atoms with van der Waals surface area (Å²) in [4.78, 5) is 14.6. The lowest BCUT2D eigenvalue weighted by atomic mass is 10.1. The molecule has 0 amide bonds. The van der Waals surface area contributed by atoms with E-state index in [0.29, 0.717) is 41.0 Å². The first-order valence-electron chi connectivity index (χ1n) is 6.02. The van der Waals surface area contributed by atoms with Crippen LogP contribution in [0.15, 0.2) is 22.7 Å². The van der Waals surface area contributed by atoms with E-state index in [2.05, 4.69) is 10.1 Å². The lowest BCUT2D eigenvalue weighted by molar-refractivity contribution is -0.137. The van der Waals surface area contributed by atoms with E-state index in [4.69, 9.17) is 32.8 Å². The number of halogens is 2. The Morgan fingerprint density at radius 1 is 1.30 bits per heavy atom. The van der Waals surface area contributed by atoms with Crippen LogP contribution in [-0.4, -0.2) is 21.2 Å². The van der Waals surface area contributed by atoms with Crippen LogP contribution in [0.1, 0.15) is 30.1 Å². The Labute approximate surface area is 125 Å². The molecule has 0 radical (unpaired) electrons. The average Bonchev–Trinajstić information content (AvgIpc) is 2.81. The molecule has 0 saturated heterocycles. The van der Waals surface area contributed by atoms with Crippen molar-refractivity contribution < 1.29 is 14.4 Å². The maximum absolute atomic E-state index is 10.4. The predicted molar refractivity (Wildman–Crippen MR) is 74.1 cm³/mol. The molecule has 0 atom stereocenters. The molecule has 1 aromatic carbocycles. The number of carboxylic acid groups (broad SMARTS) is 1. The highest BCUT2D eigenvalue weighted by atomic mass is 35.5. The summed E-state index contributed by atoms with van der Waals surface area (Å²) < 4.78 is 5.06. The first-order valence-corrected chi connectivity index (χ1v) is 6.78. The van der Waals surface area contributed by atoms with Crippen LogP contribution in [0.4, 0.5) is 0 Å². The molecule has 0 bridgehead atoms. The van der Waals surface area contributed by atoms with Crippen LogP contribution in [0.25, 0.3) is 0 Å². The third-order valence-corrected chi connectivity index (χ3v) is 3.40. The third kappa shape index (κ3) is 3.95. The van der Waals surface area contributed by atoms with Crippen molar-refractivity contribution in [1.29, 1.82) is 0 Å². The number of nitrogens with zero attached hydrogens (tertiary/aromatic N) is 2. The van der Waals surface area contributed by atoms with Crippen LogP contribution >= 0.6 is 23.2 Å². The molecule has 0 aliphatic heterocycles. The monoisotopic (exact) mass is 314 g/mol. The van der Waals surface area contributed by atoms with Crippen molar-refractivity contribution in [3.63, 3.8) is 0 Å². The Kier molecular flexibility index (Phi) is 4.98. The molecule has 7 heteroatoms. The van der Waals surface area contributed by atoms with E-state index in [0.717, 1.165) is 5.56 Å². The van der Waals surface area contributed by atoms with Crippen LogP contribution in [0, 0.1) is 0 Å². The summed E-state index contributed by atoms with van der Waals surface area (Å²) in [6, 6.07) is 5.26. The van der Waals surface area contributed by atoms with Crippen LogP contribution in [0.5, 0.6) is 0 Å². The van der Waals surface area contributed by atoms with Gasteiger partial charge in [0.2, 0.25) is 5.89 Å². The van der Waals surface area contributed by atoms with Gasteiger partial charge in [-0.15, -0.1) is 0 Å². The average molecular weight is 315 g/mol. The molecule has 0 saturated carbocycles. The number of benzene rings is 1. The quantitative estimate of drug-likeness (QED) is 0.884. The molecule has 1 N–H and O–H groups in total. The van der Waals surface area contributed by atoms with Crippen molar-refractivity contribution in [1.82, 2.24) is 10.1 Å². The highest BCUT2D eigenvalue weighted by Crippen LogP contribution is 2.26. The molecule has 0 aliphatic rings. The van der Waals surface area contributed by atoms with Crippen molar-refractivity contribution in [2.45, 2.75) is 25.7 Å². The van der Waals surface area contributed by atoms with E-state index in [9.17, 15) is 4.79 Å². The highest BCUT2D eigenvalue weighted by molar-refractivity contribution is 6.36. The zero-order valence-electron chi connectivity index (χ0n) is 10.5. The maximum atomic E-state index is 10.4. The van der Waals surface area contributed by atoms with Crippen LogP contribution in [0.3, 0.4) is 0 Å². The molecule has 1 heterocycles. The fraction of sp³-hybridized carbons (Fsp3) is 0.308.